The van der Waals surface area contributed by atoms with E-state index < -0.39 is 7.12 Å². The summed E-state index contributed by atoms with van der Waals surface area (Å²) in [6, 6.07) is 2.62. The molecule has 0 amide bonds. The first-order chi connectivity index (χ1) is 6.17. The maximum Gasteiger partial charge on any atom is 0.488 e. The Morgan fingerprint density at radius 3 is 2.69 bits per heavy atom. The van der Waals surface area contributed by atoms with Gasteiger partial charge in [0.25, 0.3) is 0 Å². The summed E-state index contributed by atoms with van der Waals surface area (Å²) in [5.74, 6) is 0.174. The first kappa shape index (κ1) is 9.69. The normalized spacial score (nSPS) is 9.46. The zero-order valence-electron chi connectivity index (χ0n) is 6.97. The quantitative estimate of drug-likeness (QED) is 0.442. The summed E-state index contributed by atoms with van der Waals surface area (Å²) >= 11 is 0. The highest BCUT2D eigenvalue weighted by molar-refractivity contribution is 6.58. The molecule has 0 bridgehead atoms. The number of methoxy groups -OCH3 is 1. The number of carbonyl (C=O) groups excluding carboxylic acids is 1. The van der Waals surface area contributed by atoms with Gasteiger partial charge in [-0.15, -0.1) is 0 Å². The molecule has 5 nitrogen and oxygen atoms in total. The zero-order valence-corrected chi connectivity index (χ0v) is 6.97. The molecule has 0 aliphatic carbocycles. The van der Waals surface area contributed by atoms with Crippen LogP contribution in [0.4, 0.5) is 0 Å². The van der Waals surface area contributed by atoms with Crippen LogP contribution < -0.4 is 10.2 Å². The lowest BCUT2D eigenvalue weighted by Crippen LogP contribution is -2.30. The minimum Gasteiger partial charge on any atom is -0.481 e. The van der Waals surface area contributed by atoms with E-state index in [1.807, 2.05) is 0 Å². The number of ether oxygens (including phenoxy) is 1. The van der Waals surface area contributed by atoms with Crippen molar-refractivity contribution in [2.45, 2.75) is 0 Å². The van der Waals surface area contributed by atoms with E-state index in [-0.39, 0.29) is 17.0 Å². The van der Waals surface area contributed by atoms with Gasteiger partial charge in [-0.1, -0.05) is 0 Å². The first-order valence-corrected chi connectivity index (χ1v) is 3.54. The molecule has 13 heavy (non-hydrogen) atoms. The summed E-state index contributed by atoms with van der Waals surface area (Å²) in [5, 5.41) is 17.6. The lowest BCUT2D eigenvalue weighted by Gasteiger charge is -2.03. The second-order valence-electron chi connectivity index (χ2n) is 2.36. The fraction of sp³-hybridized carbons (Fsp3) is 0.143. The number of nitrogens with zero attached hydrogens (tertiary/aromatic N) is 1. The van der Waals surface area contributed by atoms with E-state index in [1.165, 1.54) is 19.2 Å². The first-order valence-electron chi connectivity index (χ1n) is 3.54. The molecule has 1 aromatic rings. The van der Waals surface area contributed by atoms with Crippen LogP contribution >= 0.6 is 0 Å². The highest BCUT2D eigenvalue weighted by Crippen LogP contribution is 2.03. The molecule has 0 unspecified atom stereocenters. The summed E-state index contributed by atoms with van der Waals surface area (Å²) in [6.45, 7) is 0. The van der Waals surface area contributed by atoms with Crippen molar-refractivity contribution in [2.24, 2.45) is 0 Å². The minimum atomic E-state index is -1.63. The van der Waals surface area contributed by atoms with Crippen LogP contribution in [0.1, 0.15) is 10.5 Å². The summed E-state index contributed by atoms with van der Waals surface area (Å²) in [6.07, 6.45) is 0.508. The molecule has 0 aliphatic heterocycles. The maximum absolute atomic E-state index is 10.4. The number of carbonyl (C=O) groups is 1. The van der Waals surface area contributed by atoms with Gasteiger partial charge in [0.1, 0.15) is 5.69 Å². The van der Waals surface area contributed by atoms with E-state index in [0.717, 1.165) is 0 Å². The molecule has 6 heteroatoms. The molecular formula is C7H8BNO4. The average molecular weight is 181 g/mol. The molecule has 1 aromatic heterocycles. The number of hydrogen-bond acceptors (Lipinski definition) is 5. The Hall–Kier alpha value is -1.40. The van der Waals surface area contributed by atoms with Crippen molar-refractivity contribution >= 4 is 18.9 Å². The third-order valence-electron chi connectivity index (χ3n) is 1.47. The topological polar surface area (TPSA) is 79.6 Å². The van der Waals surface area contributed by atoms with Crippen molar-refractivity contribution in [2.75, 3.05) is 7.11 Å². The van der Waals surface area contributed by atoms with Gasteiger partial charge in [-0.3, -0.25) is 4.79 Å². The molecule has 68 valence electrons. The lowest BCUT2D eigenvalue weighted by atomic mass is 9.80. The number of rotatable bonds is 3. The van der Waals surface area contributed by atoms with Crippen molar-refractivity contribution in [3.05, 3.63) is 17.8 Å². The van der Waals surface area contributed by atoms with Crippen LogP contribution in [-0.4, -0.2) is 35.5 Å². The monoisotopic (exact) mass is 181 g/mol. The van der Waals surface area contributed by atoms with Crippen molar-refractivity contribution < 1.29 is 19.6 Å². The van der Waals surface area contributed by atoms with Crippen LogP contribution in [0, 0.1) is 0 Å². The Morgan fingerprint density at radius 1 is 1.54 bits per heavy atom. The molecule has 1 rings (SSSR count). The third-order valence-corrected chi connectivity index (χ3v) is 1.47. The van der Waals surface area contributed by atoms with E-state index >= 15 is 0 Å². The molecule has 0 atom stereocenters. The Bertz CT molecular complexity index is 315. The molecular weight excluding hydrogens is 173 g/mol. The van der Waals surface area contributed by atoms with Crippen LogP contribution in [0.2, 0.25) is 0 Å². The molecule has 0 saturated heterocycles. The van der Waals surface area contributed by atoms with Crippen LogP contribution in [0.25, 0.3) is 0 Å². The molecule has 0 spiro atoms. The highest BCUT2D eigenvalue weighted by Gasteiger charge is 2.13. The Balaban J connectivity index is 3.14. The fourth-order valence-electron chi connectivity index (χ4n) is 0.861. The zero-order chi connectivity index (χ0) is 9.84. The summed E-state index contributed by atoms with van der Waals surface area (Å²) in [7, 11) is -0.250. The lowest BCUT2D eigenvalue weighted by molar-refractivity contribution is 0.111. The Labute approximate surface area is 75.1 Å². The van der Waals surface area contributed by atoms with Gasteiger partial charge in [-0.05, 0) is 11.5 Å². The standard InChI is InChI=1S/C7H8BNO4/c1-13-7-3-5(8(11)12)2-6(4-10)9-7/h2-4,11-12H,1H3. The Kier molecular flexibility index (Phi) is 3.00. The largest absolute Gasteiger partial charge is 0.488 e. The van der Waals surface area contributed by atoms with Gasteiger partial charge in [0.15, 0.2) is 6.29 Å². The fourth-order valence-corrected chi connectivity index (χ4v) is 0.861. The van der Waals surface area contributed by atoms with Crippen molar-refractivity contribution in [1.29, 1.82) is 0 Å². The van der Waals surface area contributed by atoms with E-state index in [0.29, 0.717) is 6.29 Å². The second-order valence-corrected chi connectivity index (χ2v) is 2.36. The number of hydrogen-bond donors (Lipinski definition) is 2. The second kappa shape index (κ2) is 4.02. The smallest absolute Gasteiger partial charge is 0.481 e. The molecule has 2 N–H and O–H groups in total. The van der Waals surface area contributed by atoms with Gasteiger partial charge in [0, 0.05) is 6.07 Å². The molecule has 0 aliphatic rings. The van der Waals surface area contributed by atoms with Gasteiger partial charge in [0.2, 0.25) is 5.88 Å². The predicted octanol–water partition coefficient (Wildman–Crippen LogP) is -1.42. The van der Waals surface area contributed by atoms with Gasteiger partial charge in [0.05, 0.1) is 7.11 Å². The van der Waals surface area contributed by atoms with Crippen LogP contribution in [0.15, 0.2) is 12.1 Å². The van der Waals surface area contributed by atoms with Gasteiger partial charge in [-0.2, -0.15) is 0 Å². The number of aldehydes is 1. The van der Waals surface area contributed by atoms with Gasteiger partial charge < -0.3 is 14.8 Å². The molecule has 0 saturated carbocycles. The van der Waals surface area contributed by atoms with Crippen molar-refractivity contribution in [1.82, 2.24) is 4.98 Å². The summed E-state index contributed by atoms with van der Waals surface area (Å²) in [5.41, 5.74) is 0.274. The number of pyridine rings is 1. The highest BCUT2D eigenvalue weighted by atomic mass is 16.5. The van der Waals surface area contributed by atoms with Crippen LogP contribution in [-0.2, 0) is 0 Å². The van der Waals surface area contributed by atoms with Gasteiger partial charge in [-0.25, -0.2) is 4.98 Å². The SMILES string of the molecule is COc1cc(B(O)O)cc(C=O)n1. The van der Waals surface area contributed by atoms with E-state index in [4.69, 9.17) is 14.8 Å². The van der Waals surface area contributed by atoms with Crippen LogP contribution in [0.3, 0.4) is 0 Å². The summed E-state index contributed by atoms with van der Waals surface area (Å²) < 4.78 is 4.76. The predicted molar refractivity (Wildman–Crippen MR) is 46.0 cm³/mol. The van der Waals surface area contributed by atoms with E-state index in [9.17, 15) is 4.79 Å². The molecule has 0 radical (unpaired) electrons. The maximum atomic E-state index is 10.4. The van der Waals surface area contributed by atoms with Gasteiger partial charge >= 0.3 is 7.12 Å². The minimum absolute atomic E-state index is 0.0995. The van der Waals surface area contributed by atoms with Crippen molar-refractivity contribution in [3.63, 3.8) is 0 Å². The summed E-state index contributed by atoms with van der Waals surface area (Å²) in [4.78, 5) is 14.1. The molecule has 0 aromatic carbocycles. The molecule has 1 heterocycles. The van der Waals surface area contributed by atoms with Crippen molar-refractivity contribution in [3.8, 4) is 5.88 Å². The number of aromatic nitrogens is 1. The molecule has 0 fully saturated rings. The third kappa shape index (κ3) is 2.27. The average Bonchev–Trinajstić information content (AvgIpc) is 2.16. The Morgan fingerprint density at radius 2 is 2.23 bits per heavy atom. The van der Waals surface area contributed by atoms with E-state index in [1.54, 1.807) is 0 Å². The van der Waals surface area contributed by atoms with Crippen LogP contribution in [0.5, 0.6) is 5.88 Å². The van der Waals surface area contributed by atoms with E-state index in [2.05, 4.69) is 4.98 Å².